The molecule has 17 heavy (non-hydrogen) atoms. The van der Waals surface area contributed by atoms with Crippen LogP contribution in [0.3, 0.4) is 0 Å². The Morgan fingerprint density at radius 1 is 1.12 bits per heavy atom. The highest BCUT2D eigenvalue weighted by Gasteiger charge is 2.25. The van der Waals surface area contributed by atoms with Crippen molar-refractivity contribution < 1.29 is 0 Å². The first-order valence-electron chi connectivity index (χ1n) is 7.29. The second-order valence-corrected chi connectivity index (χ2v) is 6.29. The van der Waals surface area contributed by atoms with Crippen LogP contribution in [-0.4, -0.2) is 55.6 Å². The number of hydrogen-bond donors (Lipinski definition) is 1. The average Bonchev–Trinajstić information content (AvgIpc) is 2.29. The first kappa shape index (κ1) is 13.3. The van der Waals surface area contributed by atoms with E-state index in [-0.39, 0.29) is 0 Å². The molecule has 2 rings (SSSR count). The predicted octanol–water partition coefficient (Wildman–Crippen LogP) is 1.53. The third-order valence-electron chi connectivity index (χ3n) is 4.63. The fourth-order valence-corrected chi connectivity index (χ4v) is 3.48. The summed E-state index contributed by atoms with van der Waals surface area (Å²) in [5.41, 5.74) is 6.07. The van der Waals surface area contributed by atoms with Crippen molar-refractivity contribution in [2.24, 2.45) is 11.7 Å². The van der Waals surface area contributed by atoms with Crippen LogP contribution in [0.15, 0.2) is 0 Å². The van der Waals surface area contributed by atoms with E-state index < -0.39 is 0 Å². The van der Waals surface area contributed by atoms with Crippen LogP contribution in [0.4, 0.5) is 0 Å². The van der Waals surface area contributed by atoms with Crippen LogP contribution in [0.2, 0.25) is 0 Å². The van der Waals surface area contributed by atoms with Gasteiger partial charge in [0.1, 0.15) is 0 Å². The standard InChI is InChI=1S/C14H29N3/c1-16(2)14-6-8-17(9-7-14)11-12-4-3-5-13(15)10-12/h12-14H,3-11,15H2,1-2H3. The molecule has 0 spiro atoms. The van der Waals surface area contributed by atoms with Gasteiger partial charge in [0.2, 0.25) is 0 Å². The molecule has 1 aliphatic carbocycles. The maximum atomic E-state index is 6.07. The maximum Gasteiger partial charge on any atom is 0.0113 e. The van der Waals surface area contributed by atoms with Crippen LogP contribution in [0.5, 0.6) is 0 Å². The average molecular weight is 239 g/mol. The summed E-state index contributed by atoms with van der Waals surface area (Å²) >= 11 is 0. The van der Waals surface area contributed by atoms with Gasteiger partial charge in [0, 0.05) is 18.6 Å². The third-order valence-corrected chi connectivity index (χ3v) is 4.63. The van der Waals surface area contributed by atoms with Gasteiger partial charge in [0.15, 0.2) is 0 Å². The van der Waals surface area contributed by atoms with Crippen molar-refractivity contribution in [2.45, 2.75) is 50.6 Å². The number of nitrogens with zero attached hydrogens (tertiary/aromatic N) is 2. The first-order valence-corrected chi connectivity index (χ1v) is 7.29. The highest BCUT2D eigenvalue weighted by atomic mass is 15.2. The molecule has 1 saturated carbocycles. The Balaban J connectivity index is 1.70. The van der Waals surface area contributed by atoms with Crippen molar-refractivity contribution in [1.82, 2.24) is 9.80 Å². The van der Waals surface area contributed by atoms with Crippen LogP contribution in [-0.2, 0) is 0 Å². The summed E-state index contributed by atoms with van der Waals surface area (Å²) in [6.45, 7) is 3.87. The van der Waals surface area contributed by atoms with E-state index in [2.05, 4.69) is 23.9 Å². The zero-order valence-electron chi connectivity index (χ0n) is 11.6. The molecule has 0 bridgehead atoms. The molecule has 2 atom stereocenters. The summed E-state index contributed by atoms with van der Waals surface area (Å²) in [5, 5.41) is 0. The fourth-order valence-electron chi connectivity index (χ4n) is 3.48. The van der Waals surface area contributed by atoms with Crippen molar-refractivity contribution in [3.63, 3.8) is 0 Å². The zero-order valence-corrected chi connectivity index (χ0v) is 11.6. The highest BCUT2D eigenvalue weighted by Crippen LogP contribution is 2.25. The molecule has 3 heteroatoms. The number of piperidine rings is 1. The Bertz CT molecular complexity index is 222. The SMILES string of the molecule is CN(C)C1CCN(CC2CCCC(N)C2)CC1. The summed E-state index contributed by atoms with van der Waals surface area (Å²) in [6, 6.07) is 1.29. The van der Waals surface area contributed by atoms with Crippen LogP contribution in [0, 0.1) is 5.92 Å². The molecule has 100 valence electrons. The van der Waals surface area contributed by atoms with Gasteiger partial charge in [-0.2, -0.15) is 0 Å². The van der Waals surface area contributed by atoms with Gasteiger partial charge in [-0.3, -0.25) is 0 Å². The summed E-state index contributed by atoms with van der Waals surface area (Å²) in [7, 11) is 4.42. The quantitative estimate of drug-likeness (QED) is 0.811. The van der Waals surface area contributed by atoms with E-state index in [1.54, 1.807) is 0 Å². The fraction of sp³-hybridized carbons (Fsp3) is 1.00. The summed E-state index contributed by atoms with van der Waals surface area (Å²) in [4.78, 5) is 5.05. The molecule has 2 aliphatic rings. The third kappa shape index (κ3) is 3.94. The monoisotopic (exact) mass is 239 g/mol. The van der Waals surface area contributed by atoms with E-state index in [1.165, 1.54) is 58.2 Å². The largest absolute Gasteiger partial charge is 0.328 e. The van der Waals surface area contributed by atoms with E-state index in [0.29, 0.717) is 6.04 Å². The molecule has 0 amide bonds. The van der Waals surface area contributed by atoms with Gasteiger partial charge in [-0.25, -0.2) is 0 Å². The minimum Gasteiger partial charge on any atom is -0.328 e. The van der Waals surface area contributed by atoms with E-state index in [4.69, 9.17) is 5.73 Å². The van der Waals surface area contributed by atoms with E-state index in [9.17, 15) is 0 Å². The van der Waals surface area contributed by atoms with Gasteiger partial charge in [-0.15, -0.1) is 0 Å². The lowest BCUT2D eigenvalue weighted by molar-refractivity contribution is 0.119. The van der Waals surface area contributed by atoms with E-state index >= 15 is 0 Å². The summed E-state index contributed by atoms with van der Waals surface area (Å²) in [6.07, 6.45) is 7.94. The Hall–Kier alpha value is -0.120. The minimum absolute atomic E-state index is 0.480. The van der Waals surface area contributed by atoms with Gasteiger partial charge in [0.05, 0.1) is 0 Å². The molecule has 0 aromatic rings. The van der Waals surface area contributed by atoms with Gasteiger partial charge in [-0.05, 0) is 65.2 Å². The lowest BCUT2D eigenvalue weighted by atomic mass is 9.85. The predicted molar refractivity (Wildman–Crippen MR) is 73.1 cm³/mol. The van der Waals surface area contributed by atoms with Crippen molar-refractivity contribution in [2.75, 3.05) is 33.7 Å². The second-order valence-electron chi connectivity index (χ2n) is 6.29. The van der Waals surface area contributed by atoms with Crippen LogP contribution in [0.1, 0.15) is 38.5 Å². The number of nitrogens with two attached hydrogens (primary N) is 1. The second kappa shape index (κ2) is 6.17. The highest BCUT2D eigenvalue weighted by molar-refractivity contribution is 4.81. The lowest BCUT2D eigenvalue weighted by Gasteiger charge is -2.38. The minimum atomic E-state index is 0.480. The maximum absolute atomic E-state index is 6.07. The summed E-state index contributed by atoms with van der Waals surface area (Å²) in [5.74, 6) is 0.870. The number of hydrogen-bond acceptors (Lipinski definition) is 3. The van der Waals surface area contributed by atoms with Gasteiger partial charge >= 0.3 is 0 Å². The van der Waals surface area contributed by atoms with Crippen LogP contribution < -0.4 is 5.73 Å². The van der Waals surface area contributed by atoms with Gasteiger partial charge in [0.25, 0.3) is 0 Å². The molecule has 0 aromatic heterocycles. The molecule has 0 aromatic carbocycles. The van der Waals surface area contributed by atoms with Crippen molar-refractivity contribution in [3.8, 4) is 0 Å². The lowest BCUT2D eigenvalue weighted by Crippen LogP contribution is -2.44. The molecule has 2 fully saturated rings. The van der Waals surface area contributed by atoms with Crippen molar-refractivity contribution in [1.29, 1.82) is 0 Å². The number of rotatable bonds is 3. The molecule has 0 radical (unpaired) electrons. The van der Waals surface area contributed by atoms with Crippen LogP contribution in [0.25, 0.3) is 0 Å². The van der Waals surface area contributed by atoms with Gasteiger partial charge in [-0.1, -0.05) is 6.42 Å². The van der Waals surface area contributed by atoms with Crippen molar-refractivity contribution in [3.05, 3.63) is 0 Å². The van der Waals surface area contributed by atoms with Crippen molar-refractivity contribution >= 4 is 0 Å². The Morgan fingerprint density at radius 3 is 2.41 bits per heavy atom. The zero-order chi connectivity index (χ0) is 12.3. The first-order chi connectivity index (χ1) is 8.15. The molecule has 1 heterocycles. The normalized spacial score (nSPS) is 33.2. The Kier molecular flexibility index (Phi) is 4.83. The molecular formula is C14H29N3. The Labute approximate surface area is 106 Å². The molecule has 1 aliphatic heterocycles. The molecule has 3 nitrogen and oxygen atoms in total. The van der Waals surface area contributed by atoms with E-state index in [0.717, 1.165) is 12.0 Å². The Morgan fingerprint density at radius 2 is 1.82 bits per heavy atom. The molecule has 1 saturated heterocycles. The molecule has 2 N–H and O–H groups in total. The topological polar surface area (TPSA) is 32.5 Å². The molecular weight excluding hydrogens is 210 g/mol. The van der Waals surface area contributed by atoms with E-state index in [1.807, 2.05) is 0 Å². The summed E-state index contributed by atoms with van der Waals surface area (Å²) < 4.78 is 0. The number of likely N-dealkylation sites (tertiary alicyclic amines) is 1. The van der Waals surface area contributed by atoms with Gasteiger partial charge < -0.3 is 15.5 Å². The smallest absolute Gasteiger partial charge is 0.0113 e. The molecule has 2 unspecified atom stereocenters. The van der Waals surface area contributed by atoms with Crippen LogP contribution >= 0.6 is 0 Å².